The van der Waals surface area contributed by atoms with Crippen LogP contribution < -0.4 is 4.90 Å². The fourth-order valence-electron chi connectivity index (χ4n) is 2.34. The number of aromatic carboxylic acids is 1. The van der Waals surface area contributed by atoms with Crippen LogP contribution in [0.5, 0.6) is 0 Å². The largest absolute Gasteiger partial charge is 0.478 e. The maximum atomic E-state index is 12.4. The van der Waals surface area contributed by atoms with Gasteiger partial charge < -0.3 is 10.0 Å². The molecular formula is C13H11N3O3S. The molecule has 1 N–H and O–H groups in total. The Balaban J connectivity index is 1.98. The normalized spacial score (nSPS) is 13.9. The summed E-state index contributed by atoms with van der Waals surface area (Å²) in [4.78, 5) is 25.0. The quantitative estimate of drug-likeness (QED) is 0.911. The number of fused-ring (bicyclic) bond motifs is 1. The van der Waals surface area contributed by atoms with Gasteiger partial charge in [0.05, 0.1) is 5.56 Å². The Kier molecular flexibility index (Phi) is 3.19. The van der Waals surface area contributed by atoms with Gasteiger partial charge in [0.2, 0.25) is 0 Å². The number of hydrogen-bond donors (Lipinski definition) is 1. The molecule has 7 heteroatoms. The van der Waals surface area contributed by atoms with Gasteiger partial charge in [-0.25, -0.2) is 4.79 Å². The van der Waals surface area contributed by atoms with Crippen molar-refractivity contribution in [3.63, 3.8) is 0 Å². The Labute approximate surface area is 118 Å². The van der Waals surface area contributed by atoms with Gasteiger partial charge in [0.15, 0.2) is 5.69 Å². The number of anilines is 1. The highest BCUT2D eigenvalue weighted by Crippen LogP contribution is 2.29. The maximum absolute atomic E-state index is 12.4. The van der Waals surface area contributed by atoms with Crippen molar-refractivity contribution in [2.45, 2.75) is 12.8 Å². The fraction of sp³-hybridized carbons (Fsp3) is 0.231. The Hall–Kier alpha value is -2.28. The standard InChI is InChI=1S/C13H11N3O3S/c17-12(10-7-20-15-14-10)16-5-1-2-8-6-9(13(18)19)3-4-11(8)16/h3-4,6-7H,1-2,5H2,(H,18,19). The number of carboxylic acid groups (broad SMARTS) is 1. The minimum Gasteiger partial charge on any atom is -0.478 e. The van der Waals surface area contributed by atoms with Crippen LogP contribution in [0.2, 0.25) is 0 Å². The van der Waals surface area contributed by atoms with E-state index < -0.39 is 5.97 Å². The maximum Gasteiger partial charge on any atom is 0.335 e. The number of nitrogens with zero attached hydrogens (tertiary/aromatic N) is 3. The van der Waals surface area contributed by atoms with Crippen molar-refractivity contribution in [1.29, 1.82) is 0 Å². The summed E-state index contributed by atoms with van der Waals surface area (Å²) >= 11 is 1.13. The molecule has 0 radical (unpaired) electrons. The molecule has 6 nitrogen and oxygen atoms in total. The lowest BCUT2D eigenvalue weighted by molar-refractivity contribution is 0.0696. The van der Waals surface area contributed by atoms with E-state index in [0.717, 1.165) is 35.6 Å². The van der Waals surface area contributed by atoms with Crippen LogP contribution in [0.25, 0.3) is 0 Å². The first-order valence-corrected chi connectivity index (χ1v) is 6.95. The smallest absolute Gasteiger partial charge is 0.335 e. The number of carbonyl (C=O) groups is 2. The summed E-state index contributed by atoms with van der Waals surface area (Å²) in [5.74, 6) is -1.15. The van der Waals surface area contributed by atoms with Crippen molar-refractivity contribution in [2.75, 3.05) is 11.4 Å². The summed E-state index contributed by atoms with van der Waals surface area (Å²) in [7, 11) is 0. The number of aryl methyl sites for hydroxylation is 1. The first-order chi connectivity index (χ1) is 9.66. The molecule has 0 atom stereocenters. The van der Waals surface area contributed by atoms with Crippen LogP contribution in [0, 0.1) is 0 Å². The molecule has 0 spiro atoms. The number of hydrogen-bond acceptors (Lipinski definition) is 5. The Morgan fingerprint density at radius 2 is 2.20 bits per heavy atom. The first-order valence-electron chi connectivity index (χ1n) is 6.12. The lowest BCUT2D eigenvalue weighted by Gasteiger charge is -2.29. The predicted octanol–water partition coefficient (Wildman–Crippen LogP) is 1.83. The van der Waals surface area contributed by atoms with Crippen LogP contribution in [0.1, 0.15) is 32.8 Å². The molecule has 1 aromatic carbocycles. The van der Waals surface area contributed by atoms with E-state index in [1.165, 1.54) is 6.07 Å². The molecule has 0 unspecified atom stereocenters. The molecule has 20 heavy (non-hydrogen) atoms. The zero-order valence-corrected chi connectivity index (χ0v) is 11.3. The van der Waals surface area contributed by atoms with Crippen molar-refractivity contribution in [1.82, 2.24) is 9.59 Å². The summed E-state index contributed by atoms with van der Waals surface area (Å²) in [6.07, 6.45) is 1.58. The summed E-state index contributed by atoms with van der Waals surface area (Å²) in [6.45, 7) is 0.607. The van der Waals surface area contributed by atoms with Gasteiger partial charge in [-0.2, -0.15) is 0 Å². The van der Waals surface area contributed by atoms with Crippen molar-refractivity contribution < 1.29 is 14.7 Å². The van der Waals surface area contributed by atoms with E-state index in [0.29, 0.717) is 12.2 Å². The minimum absolute atomic E-state index is 0.192. The summed E-state index contributed by atoms with van der Waals surface area (Å²) in [6, 6.07) is 4.85. The number of carbonyl (C=O) groups excluding carboxylic acids is 1. The molecule has 1 amide bonds. The van der Waals surface area contributed by atoms with Gasteiger partial charge in [0, 0.05) is 17.6 Å². The summed E-state index contributed by atoms with van der Waals surface area (Å²) in [5.41, 5.74) is 2.21. The second-order valence-electron chi connectivity index (χ2n) is 4.50. The van der Waals surface area contributed by atoms with Gasteiger partial charge in [-0.15, -0.1) is 5.10 Å². The lowest BCUT2D eigenvalue weighted by atomic mass is 9.99. The molecular weight excluding hydrogens is 278 g/mol. The molecule has 2 heterocycles. The van der Waals surface area contributed by atoms with Crippen LogP contribution in [0.3, 0.4) is 0 Å². The zero-order valence-electron chi connectivity index (χ0n) is 10.4. The average Bonchev–Trinajstić information content (AvgIpc) is 2.99. The molecule has 1 aromatic heterocycles. The number of benzene rings is 1. The summed E-state index contributed by atoms with van der Waals surface area (Å²) in [5, 5.41) is 14.4. The highest BCUT2D eigenvalue weighted by molar-refractivity contribution is 7.03. The third-order valence-corrected chi connectivity index (χ3v) is 3.77. The molecule has 1 aliphatic rings. The molecule has 0 aliphatic carbocycles. The van der Waals surface area contributed by atoms with Gasteiger partial charge in [0.25, 0.3) is 5.91 Å². The second kappa shape index (κ2) is 5.01. The van der Waals surface area contributed by atoms with Crippen molar-refractivity contribution >= 4 is 29.1 Å². The summed E-state index contributed by atoms with van der Waals surface area (Å²) < 4.78 is 3.70. The van der Waals surface area contributed by atoms with Crippen molar-refractivity contribution in [3.05, 3.63) is 40.4 Å². The van der Waals surface area contributed by atoms with E-state index in [4.69, 9.17) is 5.11 Å². The number of amides is 1. The van der Waals surface area contributed by atoms with Crippen molar-refractivity contribution in [2.24, 2.45) is 0 Å². The Morgan fingerprint density at radius 1 is 1.35 bits per heavy atom. The van der Waals surface area contributed by atoms with E-state index in [1.54, 1.807) is 22.4 Å². The molecule has 0 fully saturated rings. The molecule has 0 saturated carbocycles. The van der Waals surface area contributed by atoms with Crippen LogP contribution in [-0.2, 0) is 6.42 Å². The van der Waals surface area contributed by atoms with Crippen LogP contribution in [0.4, 0.5) is 5.69 Å². The number of aromatic nitrogens is 2. The van der Waals surface area contributed by atoms with E-state index in [1.807, 2.05) is 0 Å². The molecule has 3 rings (SSSR count). The van der Waals surface area contributed by atoms with Crippen LogP contribution >= 0.6 is 11.5 Å². The zero-order chi connectivity index (χ0) is 14.1. The highest BCUT2D eigenvalue weighted by atomic mass is 32.1. The topological polar surface area (TPSA) is 83.4 Å². The molecule has 0 saturated heterocycles. The van der Waals surface area contributed by atoms with Crippen molar-refractivity contribution in [3.8, 4) is 0 Å². The highest BCUT2D eigenvalue weighted by Gasteiger charge is 2.25. The van der Waals surface area contributed by atoms with E-state index in [9.17, 15) is 9.59 Å². The Morgan fingerprint density at radius 3 is 2.90 bits per heavy atom. The van der Waals surface area contributed by atoms with Gasteiger partial charge in [0.1, 0.15) is 0 Å². The van der Waals surface area contributed by atoms with Crippen LogP contribution in [0.15, 0.2) is 23.6 Å². The van der Waals surface area contributed by atoms with Gasteiger partial charge in [-0.3, -0.25) is 4.79 Å². The third kappa shape index (κ3) is 2.16. The SMILES string of the molecule is O=C(O)c1ccc2c(c1)CCCN2C(=O)c1csnn1. The Bertz CT molecular complexity index is 670. The lowest BCUT2D eigenvalue weighted by Crippen LogP contribution is -2.35. The second-order valence-corrected chi connectivity index (χ2v) is 5.11. The van der Waals surface area contributed by atoms with E-state index in [-0.39, 0.29) is 11.5 Å². The average molecular weight is 289 g/mol. The minimum atomic E-state index is -0.958. The van der Waals surface area contributed by atoms with Gasteiger partial charge in [-0.05, 0) is 48.1 Å². The first kappa shape index (κ1) is 12.7. The monoisotopic (exact) mass is 289 g/mol. The number of carboxylic acids is 1. The number of rotatable bonds is 2. The molecule has 2 aromatic rings. The predicted molar refractivity (Wildman–Crippen MR) is 73.3 cm³/mol. The molecule has 1 aliphatic heterocycles. The van der Waals surface area contributed by atoms with Gasteiger partial charge in [-0.1, -0.05) is 4.49 Å². The van der Waals surface area contributed by atoms with Crippen LogP contribution in [-0.4, -0.2) is 33.1 Å². The van der Waals surface area contributed by atoms with E-state index in [2.05, 4.69) is 9.59 Å². The molecule has 0 bridgehead atoms. The molecule has 102 valence electrons. The van der Waals surface area contributed by atoms with Gasteiger partial charge >= 0.3 is 5.97 Å². The third-order valence-electron chi connectivity index (χ3n) is 3.27. The fourth-order valence-corrected chi connectivity index (χ4v) is 2.77. The van der Waals surface area contributed by atoms with E-state index >= 15 is 0 Å².